The lowest BCUT2D eigenvalue weighted by Crippen LogP contribution is -2.28. The van der Waals surface area contributed by atoms with Gasteiger partial charge in [-0.2, -0.15) is 0 Å². The summed E-state index contributed by atoms with van der Waals surface area (Å²) in [6, 6.07) is 15.3. The zero-order valence-corrected chi connectivity index (χ0v) is 18.8. The van der Waals surface area contributed by atoms with Gasteiger partial charge in [-0.1, -0.05) is 69.8 Å². The van der Waals surface area contributed by atoms with Crippen LogP contribution >= 0.6 is 11.8 Å². The average molecular weight is 424 g/mol. The van der Waals surface area contributed by atoms with Crippen molar-refractivity contribution >= 4 is 28.6 Å². The number of carbonyl (C=O) groups is 1. The molecule has 1 amide bonds. The van der Waals surface area contributed by atoms with Gasteiger partial charge in [0.2, 0.25) is 0 Å². The Morgan fingerprint density at radius 3 is 2.47 bits per heavy atom. The van der Waals surface area contributed by atoms with E-state index in [1.165, 1.54) is 5.56 Å². The molecule has 0 unspecified atom stereocenters. The second-order valence-electron chi connectivity index (χ2n) is 8.31. The number of hydrogen-bond acceptors (Lipinski definition) is 4. The highest BCUT2D eigenvalue weighted by Gasteiger charge is 2.15. The van der Waals surface area contributed by atoms with E-state index < -0.39 is 0 Å². The van der Waals surface area contributed by atoms with Crippen LogP contribution in [-0.2, 0) is 12.3 Å². The van der Waals surface area contributed by atoms with Crippen LogP contribution in [0.5, 0.6) is 0 Å². The summed E-state index contributed by atoms with van der Waals surface area (Å²) in [6.45, 7) is 9.49. The molecule has 1 N–H and O–H groups in total. The number of benzene rings is 2. The molecule has 0 aliphatic rings. The van der Waals surface area contributed by atoms with Gasteiger partial charge in [0, 0.05) is 24.4 Å². The van der Waals surface area contributed by atoms with E-state index >= 15 is 0 Å². The molecule has 0 atom stereocenters. The number of hydrogen-bond donors (Lipinski definition) is 1. The first-order valence-corrected chi connectivity index (χ1v) is 11.3. The van der Waals surface area contributed by atoms with Gasteiger partial charge in [-0.05, 0) is 35.6 Å². The molecular weight excluding hydrogens is 394 g/mol. The molecular formula is C24H29N3O2S. The van der Waals surface area contributed by atoms with Gasteiger partial charge in [0.25, 0.3) is 11.5 Å². The van der Waals surface area contributed by atoms with Crippen molar-refractivity contribution < 1.29 is 4.79 Å². The summed E-state index contributed by atoms with van der Waals surface area (Å²) in [4.78, 5) is 30.4. The molecule has 0 fully saturated rings. The maximum Gasteiger partial charge on any atom is 0.262 e. The fourth-order valence-corrected chi connectivity index (χ4v) is 4.06. The van der Waals surface area contributed by atoms with Crippen molar-refractivity contribution in [3.05, 3.63) is 70.0 Å². The third-order valence-electron chi connectivity index (χ3n) is 4.61. The molecule has 0 aliphatic heterocycles. The quantitative estimate of drug-likeness (QED) is 0.420. The van der Waals surface area contributed by atoms with Crippen molar-refractivity contribution in [3.8, 4) is 0 Å². The summed E-state index contributed by atoms with van der Waals surface area (Å²) in [5.74, 6) is 1.28. The first-order valence-electron chi connectivity index (χ1n) is 10.3. The smallest absolute Gasteiger partial charge is 0.262 e. The van der Waals surface area contributed by atoms with E-state index in [9.17, 15) is 9.59 Å². The number of carbonyl (C=O) groups excluding carboxylic acids is 1. The predicted octanol–water partition coefficient (Wildman–Crippen LogP) is 4.73. The molecule has 3 aromatic rings. The van der Waals surface area contributed by atoms with Gasteiger partial charge in [-0.3, -0.25) is 14.2 Å². The summed E-state index contributed by atoms with van der Waals surface area (Å²) < 4.78 is 1.76. The number of rotatable bonds is 8. The monoisotopic (exact) mass is 423 g/mol. The minimum absolute atomic E-state index is 0.0570. The topological polar surface area (TPSA) is 64.0 Å². The molecule has 0 radical (unpaired) electrons. The fraction of sp³-hybridized carbons (Fsp3) is 0.375. The van der Waals surface area contributed by atoms with E-state index in [0.29, 0.717) is 46.5 Å². The van der Waals surface area contributed by atoms with Gasteiger partial charge in [-0.15, -0.1) is 0 Å². The van der Waals surface area contributed by atoms with E-state index in [1.807, 2.05) is 18.2 Å². The largest absolute Gasteiger partial charge is 0.352 e. The maximum atomic E-state index is 13.2. The summed E-state index contributed by atoms with van der Waals surface area (Å²) in [7, 11) is 0. The van der Waals surface area contributed by atoms with E-state index in [0.717, 1.165) is 5.75 Å². The van der Waals surface area contributed by atoms with Crippen LogP contribution in [0, 0.1) is 11.8 Å². The summed E-state index contributed by atoms with van der Waals surface area (Å²) in [5, 5.41) is 4.15. The highest BCUT2D eigenvalue weighted by Crippen LogP contribution is 2.23. The second kappa shape index (κ2) is 9.94. The van der Waals surface area contributed by atoms with Crippen LogP contribution in [0.1, 0.15) is 43.6 Å². The van der Waals surface area contributed by atoms with Crippen molar-refractivity contribution in [2.45, 2.75) is 45.1 Å². The maximum absolute atomic E-state index is 13.2. The Hall–Kier alpha value is -2.60. The van der Waals surface area contributed by atoms with Gasteiger partial charge < -0.3 is 5.32 Å². The van der Waals surface area contributed by atoms with Crippen LogP contribution in [0.3, 0.4) is 0 Å². The Balaban J connectivity index is 1.98. The summed E-state index contributed by atoms with van der Waals surface area (Å²) in [6.07, 6.45) is 0. The number of thioether (sulfide) groups is 1. The Morgan fingerprint density at radius 1 is 1.07 bits per heavy atom. The number of aromatic nitrogens is 2. The van der Waals surface area contributed by atoms with Gasteiger partial charge in [-0.25, -0.2) is 4.98 Å². The minimum Gasteiger partial charge on any atom is -0.352 e. The lowest BCUT2D eigenvalue weighted by Gasteiger charge is -2.15. The highest BCUT2D eigenvalue weighted by atomic mass is 32.2. The molecule has 0 saturated heterocycles. The number of amides is 1. The molecule has 1 aromatic heterocycles. The Morgan fingerprint density at radius 2 is 1.80 bits per heavy atom. The number of fused-ring (bicyclic) bond motifs is 1. The molecule has 0 spiro atoms. The normalized spacial score (nSPS) is 11.4. The highest BCUT2D eigenvalue weighted by molar-refractivity contribution is 7.98. The molecule has 5 nitrogen and oxygen atoms in total. The van der Waals surface area contributed by atoms with Crippen molar-refractivity contribution in [3.63, 3.8) is 0 Å². The third-order valence-corrected chi connectivity index (χ3v) is 5.66. The zero-order chi connectivity index (χ0) is 21.7. The van der Waals surface area contributed by atoms with Gasteiger partial charge in [0.15, 0.2) is 5.16 Å². The Kier molecular flexibility index (Phi) is 7.32. The standard InChI is InChI=1S/C24H29N3O2S/c1-16(2)13-25-22(28)19-10-11-20-21(12-19)26-24(27(23(20)29)14-17(3)4)30-15-18-8-6-5-7-9-18/h5-12,16-17H,13-15H2,1-4H3,(H,25,28). The number of nitrogens with zero attached hydrogens (tertiary/aromatic N) is 2. The van der Waals surface area contributed by atoms with E-state index in [-0.39, 0.29) is 11.5 Å². The van der Waals surface area contributed by atoms with Crippen LogP contribution < -0.4 is 10.9 Å². The molecule has 158 valence electrons. The third kappa shape index (κ3) is 5.51. The van der Waals surface area contributed by atoms with Crippen molar-refractivity contribution in [1.29, 1.82) is 0 Å². The van der Waals surface area contributed by atoms with Crippen LogP contribution in [0.25, 0.3) is 10.9 Å². The van der Waals surface area contributed by atoms with Gasteiger partial charge in [0.05, 0.1) is 10.9 Å². The Labute approximate surface area is 181 Å². The predicted molar refractivity (Wildman–Crippen MR) is 124 cm³/mol. The zero-order valence-electron chi connectivity index (χ0n) is 18.0. The van der Waals surface area contributed by atoms with Crippen molar-refractivity contribution in [2.24, 2.45) is 11.8 Å². The van der Waals surface area contributed by atoms with Gasteiger partial charge >= 0.3 is 0 Å². The van der Waals surface area contributed by atoms with Crippen LogP contribution in [-0.4, -0.2) is 22.0 Å². The van der Waals surface area contributed by atoms with Crippen LogP contribution in [0.4, 0.5) is 0 Å². The minimum atomic E-state index is -0.141. The van der Waals surface area contributed by atoms with Gasteiger partial charge in [0.1, 0.15) is 0 Å². The molecule has 6 heteroatoms. The lowest BCUT2D eigenvalue weighted by molar-refractivity contribution is 0.0949. The second-order valence-corrected chi connectivity index (χ2v) is 9.26. The van der Waals surface area contributed by atoms with Crippen molar-refractivity contribution in [2.75, 3.05) is 6.54 Å². The first kappa shape index (κ1) is 22.1. The summed E-state index contributed by atoms with van der Waals surface area (Å²) >= 11 is 1.55. The average Bonchev–Trinajstić information content (AvgIpc) is 2.73. The van der Waals surface area contributed by atoms with E-state index in [2.05, 4.69) is 45.1 Å². The van der Waals surface area contributed by atoms with Crippen LogP contribution in [0.15, 0.2) is 58.5 Å². The fourth-order valence-electron chi connectivity index (χ4n) is 3.10. The SMILES string of the molecule is CC(C)CNC(=O)c1ccc2c(=O)n(CC(C)C)c(SCc3ccccc3)nc2c1. The van der Waals surface area contributed by atoms with E-state index in [1.54, 1.807) is 34.5 Å². The molecule has 1 heterocycles. The summed E-state index contributed by atoms with van der Waals surface area (Å²) in [5.41, 5.74) is 2.21. The molecule has 0 saturated carbocycles. The van der Waals surface area contributed by atoms with E-state index in [4.69, 9.17) is 4.98 Å². The number of nitrogens with one attached hydrogen (secondary N) is 1. The first-order chi connectivity index (χ1) is 14.3. The lowest BCUT2D eigenvalue weighted by atomic mass is 10.1. The van der Waals surface area contributed by atoms with Crippen molar-refractivity contribution in [1.82, 2.24) is 14.9 Å². The Bertz CT molecular complexity index is 1070. The molecule has 3 rings (SSSR count). The molecule has 0 bridgehead atoms. The van der Waals surface area contributed by atoms with Crippen LogP contribution in [0.2, 0.25) is 0 Å². The molecule has 30 heavy (non-hydrogen) atoms. The molecule has 0 aliphatic carbocycles. The molecule has 2 aromatic carbocycles.